The van der Waals surface area contributed by atoms with Crippen LogP contribution in [-0.2, 0) is 25.2 Å². The lowest BCUT2D eigenvalue weighted by atomic mass is 10.1. The number of hydrogen-bond donors (Lipinski definition) is 6. The van der Waals surface area contributed by atoms with E-state index in [1.54, 1.807) is 0 Å². The Labute approximate surface area is 220 Å². The van der Waals surface area contributed by atoms with E-state index in [9.17, 15) is 24.6 Å². The van der Waals surface area contributed by atoms with Crippen molar-refractivity contribution >= 4 is 36.0 Å². The lowest BCUT2D eigenvalue weighted by Gasteiger charge is -2.33. The first-order chi connectivity index (χ1) is 18.1. The van der Waals surface area contributed by atoms with Crippen LogP contribution in [0.3, 0.4) is 0 Å². The minimum Gasteiger partial charge on any atom is -0.387 e. The van der Waals surface area contributed by atoms with Crippen LogP contribution in [0.5, 0.6) is 0 Å². The molecule has 1 aliphatic carbocycles. The summed E-state index contributed by atoms with van der Waals surface area (Å²) in [6.07, 6.45) is -2.06. The van der Waals surface area contributed by atoms with Crippen LogP contribution in [0.15, 0.2) is 6.20 Å². The van der Waals surface area contributed by atoms with E-state index in [0.717, 1.165) is 19.4 Å². The van der Waals surface area contributed by atoms with Crippen LogP contribution < -0.4 is 5.32 Å². The smallest absolute Gasteiger partial charge is 0.359 e. The fraction of sp³-hybridized carbons (Fsp3) is 0.684. The highest BCUT2D eigenvalue weighted by molar-refractivity contribution is 7.53. The Morgan fingerprint density at radius 1 is 1.32 bits per heavy atom. The topological polar surface area (TPSA) is 236 Å². The average Bonchev–Trinajstić information content (AvgIpc) is 3.24. The van der Waals surface area contributed by atoms with Crippen molar-refractivity contribution in [3.05, 3.63) is 17.3 Å². The van der Waals surface area contributed by atoms with Crippen molar-refractivity contribution in [2.24, 2.45) is 5.92 Å². The fourth-order valence-electron chi connectivity index (χ4n) is 4.23. The summed E-state index contributed by atoms with van der Waals surface area (Å²) >= 11 is 6.14. The number of nitrogens with zero attached hydrogens (tertiary/aromatic N) is 7. The molecule has 0 unspecified atom stereocenters. The molecule has 2 fully saturated rings. The lowest BCUT2D eigenvalue weighted by molar-refractivity contribution is -0.113. The third-order valence-electron chi connectivity index (χ3n) is 6.50. The maximum Gasteiger partial charge on any atom is 0.359 e. The molecule has 0 radical (unpaired) electrons. The number of rotatable bonds is 12. The van der Waals surface area contributed by atoms with Gasteiger partial charge in [-0.1, -0.05) is 5.21 Å². The van der Waals surface area contributed by atoms with Gasteiger partial charge in [-0.3, -0.25) is 4.57 Å². The summed E-state index contributed by atoms with van der Waals surface area (Å²) in [5.41, 5.74) is 0.266. The second-order valence-corrected chi connectivity index (χ2v) is 11.5. The van der Waals surface area contributed by atoms with E-state index in [1.165, 1.54) is 18.0 Å². The molecule has 5 atom stereocenters. The highest BCUT2D eigenvalue weighted by Gasteiger charge is 2.52. The summed E-state index contributed by atoms with van der Waals surface area (Å²) in [5.74, 6) is 1.03. The molecule has 38 heavy (non-hydrogen) atoms. The summed E-state index contributed by atoms with van der Waals surface area (Å²) in [7, 11) is -3.75. The van der Waals surface area contributed by atoms with Crippen LogP contribution >= 0.6 is 19.2 Å². The first-order valence-corrected chi connectivity index (χ1v) is 13.7. The Morgan fingerprint density at radius 2 is 2.11 bits per heavy atom. The molecule has 2 aliphatic rings. The SMILES string of the molecule is COC[C@@](Cc1nn[nH]n1)(OC[C@H]1O[C@@H](n2ncc3c(NCC4CC4)nc(Cl)nc32)[C@H](O)[C@@H]1O)P(=O)(O)O. The summed E-state index contributed by atoms with van der Waals surface area (Å²) in [4.78, 5) is 28.7. The van der Waals surface area contributed by atoms with Crippen molar-refractivity contribution in [3.63, 3.8) is 0 Å². The molecule has 208 valence electrons. The normalized spacial score (nSPS) is 25.6. The van der Waals surface area contributed by atoms with Gasteiger partial charge in [0.15, 0.2) is 23.0 Å². The molecule has 0 spiro atoms. The first-order valence-electron chi connectivity index (χ1n) is 11.7. The fourth-order valence-corrected chi connectivity index (χ4v) is 5.29. The summed E-state index contributed by atoms with van der Waals surface area (Å²) in [5, 5.41) is 40.4. The molecular formula is C19H27ClN9O8P. The predicted octanol–water partition coefficient (Wildman–Crippen LogP) is -0.786. The van der Waals surface area contributed by atoms with Gasteiger partial charge in [0, 0.05) is 13.7 Å². The minimum atomic E-state index is -5.00. The average molecular weight is 576 g/mol. The minimum absolute atomic E-state index is 0.0261. The Kier molecular flexibility index (Phi) is 7.65. The molecule has 1 aliphatic heterocycles. The van der Waals surface area contributed by atoms with Crippen LogP contribution in [0.25, 0.3) is 11.0 Å². The highest BCUT2D eigenvalue weighted by Crippen LogP contribution is 2.53. The highest BCUT2D eigenvalue weighted by atomic mass is 35.5. The molecule has 3 aromatic heterocycles. The number of tetrazole rings is 1. The third-order valence-corrected chi connectivity index (χ3v) is 8.15. The van der Waals surface area contributed by atoms with Crippen molar-refractivity contribution in [2.75, 3.05) is 32.2 Å². The van der Waals surface area contributed by atoms with Gasteiger partial charge in [0.05, 0.1) is 31.2 Å². The Hall–Kier alpha value is -2.34. The number of aromatic nitrogens is 8. The Balaban J connectivity index is 1.36. The Bertz CT molecular complexity index is 1300. The molecule has 17 nitrogen and oxygen atoms in total. The van der Waals surface area contributed by atoms with E-state index in [-0.39, 0.29) is 16.8 Å². The Morgan fingerprint density at radius 3 is 2.76 bits per heavy atom. The maximum atomic E-state index is 12.5. The number of aliphatic hydroxyl groups is 2. The van der Waals surface area contributed by atoms with Gasteiger partial charge in [0.25, 0.3) is 0 Å². The van der Waals surface area contributed by atoms with E-state index in [1.807, 2.05) is 0 Å². The van der Waals surface area contributed by atoms with Crippen LogP contribution in [-0.4, -0.2) is 111 Å². The third kappa shape index (κ3) is 5.38. The van der Waals surface area contributed by atoms with Gasteiger partial charge >= 0.3 is 7.60 Å². The monoisotopic (exact) mass is 575 g/mol. The van der Waals surface area contributed by atoms with Crippen molar-refractivity contribution < 1.29 is 38.8 Å². The van der Waals surface area contributed by atoms with Crippen molar-refractivity contribution in [1.29, 1.82) is 0 Å². The zero-order chi connectivity index (χ0) is 27.1. The van der Waals surface area contributed by atoms with E-state index < -0.39 is 57.1 Å². The number of aliphatic hydroxyl groups excluding tert-OH is 2. The van der Waals surface area contributed by atoms with Gasteiger partial charge in [0.2, 0.25) is 5.28 Å². The molecule has 5 rings (SSSR count). The molecule has 1 saturated heterocycles. The van der Waals surface area contributed by atoms with E-state index in [0.29, 0.717) is 17.1 Å². The van der Waals surface area contributed by atoms with Crippen molar-refractivity contribution in [3.8, 4) is 0 Å². The van der Waals surface area contributed by atoms with Gasteiger partial charge in [-0.2, -0.15) is 20.3 Å². The number of anilines is 1. The zero-order valence-corrected chi connectivity index (χ0v) is 21.7. The number of hydrogen-bond acceptors (Lipinski definition) is 13. The van der Waals surface area contributed by atoms with Gasteiger partial charge in [0.1, 0.15) is 24.1 Å². The molecule has 19 heteroatoms. The molecule has 6 N–H and O–H groups in total. The van der Waals surface area contributed by atoms with Crippen LogP contribution in [0.1, 0.15) is 24.9 Å². The molecule has 0 amide bonds. The number of ether oxygens (including phenoxy) is 3. The summed E-state index contributed by atoms with van der Waals surface area (Å²) < 4.78 is 30.3. The summed E-state index contributed by atoms with van der Waals surface area (Å²) in [6.45, 7) is -0.332. The molecule has 4 heterocycles. The van der Waals surface area contributed by atoms with Crippen LogP contribution in [0.2, 0.25) is 5.28 Å². The van der Waals surface area contributed by atoms with E-state index in [4.69, 9.17) is 25.8 Å². The number of aromatic amines is 1. The predicted molar refractivity (Wildman–Crippen MR) is 128 cm³/mol. The number of nitrogens with one attached hydrogen (secondary N) is 2. The number of halogens is 1. The van der Waals surface area contributed by atoms with Gasteiger partial charge in [-0.15, -0.1) is 10.2 Å². The molecule has 0 aromatic carbocycles. The number of methoxy groups -OCH3 is 1. The van der Waals surface area contributed by atoms with E-state index in [2.05, 4.69) is 41.0 Å². The quantitative estimate of drug-likeness (QED) is 0.115. The van der Waals surface area contributed by atoms with Gasteiger partial charge in [-0.25, -0.2) is 4.68 Å². The first kappa shape index (κ1) is 27.2. The standard InChI is InChI=1S/C19H27ClN9O8P/c1-35-8-19(38(32,33)34,4-12-25-27-28-26-12)36-7-11-13(30)14(31)17(37-11)29-16-10(6-22-29)15(23-18(20)24-16)21-5-9-2-3-9/h6,9,11,13-14,17,30-31H,2-5,7-8H2,1H3,(H,21,23,24)(H2,32,33,34)(H,25,26,27,28)/t11-,13-,14-,17-,19+/m1/s1. The number of fused-ring (bicyclic) bond motifs is 1. The van der Waals surface area contributed by atoms with Crippen molar-refractivity contribution in [2.45, 2.75) is 49.1 Å². The largest absolute Gasteiger partial charge is 0.387 e. The molecular weight excluding hydrogens is 549 g/mol. The van der Waals surface area contributed by atoms with Crippen LogP contribution in [0, 0.1) is 5.92 Å². The zero-order valence-electron chi connectivity index (χ0n) is 20.1. The maximum absolute atomic E-state index is 12.5. The van der Waals surface area contributed by atoms with E-state index >= 15 is 0 Å². The van der Waals surface area contributed by atoms with Crippen molar-refractivity contribution in [1.82, 2.24) is 40.4 Å². The second-order valence-electron chi connectivity index (χ2n) is 9.28. The second kappa shape index (κ2) is 10.7. The molecule has 0 bridgehead atoms. The van der Waals surface area contributed by atoms with Crippen LogP contribution in [0.4, 0.5) is 5.82 Å². The van der Waals surface area contributed by atoms with Gasteiger partial charge in [-0.05, 0) is 30.4 Å². The van der Waals surface area contributed by atoms with Gasteiger partial charge < -0.3 is 39.5 Å². The lowest BCUT2D eigenvalue weighted by Crippen LogP contribution is -2.44. The molecule has 3 aromatic rings. The molecule has 1 saturated carbocycles. The summed E-state index contributed by atoms with van der Waals surface area (Å²) in [6, 6.07) is 0. The number of H-pyrrole nitrogens is 1.